The molecule has 0 radical (unpaired) electrons. The fraction of sp³-hybridized carbons (Fsp3) is 0.111. The van der Waals surface area contributed by atoms with Crippen LogP contribution in [-0.2, 0) is 4.79 Å². The van der Waals surface area contributed by atoms with Crippen LogP contribution in [0.15, 0.2) is 47.6 Å². The largest absolute Gasteiger partial charge is 0.478 e. The molecule has 1 aliphatic rings. The molecule has 0 bridgehead atoms. The number of ether oxygens (including phenoxy) is 2. The average Bonchev–Trinajstić information content (AvgIpc) is 3.14. The molecular weight excluding hydrogens is 354 g/mol. The van der Waals surface area contributed by atoms with Gasteiger partial charge in [0.25, 0.3) is 11.8 Å². The molecule has 3 N–H and O–H groups in total. The SMILES string of the molecule is O=C(CNC(=O)c1ccc2c(c1)OCO2)N/N=C\c1ccc(C(=O)O)cc1. The second kappa shape index (κ2) is 8.00. The molecule has 0 spiro atoms. The van der Waals surface area contributed by atoms with E-state index < -0.39 is 17.8 Å². The van der Waals surface area contributed by atoms with Crippen molar-refractivity contribution < 1.29 is 29.0 Å². The summed E-state index contributed by atoms with van der Waals surface area (Å²) >= 11 is 0. The minimum Gasteiger partial charge on any atom is -0.478 e. The molecule has 1 aliphatic heterocycles. The Labute approximate surface area is 153 Å². The van der Waals surface area contributed by atoms with Crippen LogP contribution in [0.2, 0.25) is 0 Å². The quantitative estimate of drug-likeness (QED) is 0.515. The number of hydrogen-bond donors (Lipinski definition) is 3. The van der Waals surface area contributed by atoms with Gasteiger partial charge in [0.05, 0.1) is 18.3 Å². The highest BCUT2D eigenvalue weighted by Gasteiger charge is 2.16. The Bertz CT molecular complexity index is 908. The smallest absolute Gasteiger partial charge is 0.335 e. The van der Waals surface area contributed by atoms with E-state index in [1.807, 2.05) is 0 Å². The van der Waals surface area contributed by atoms with Gasteiger partial charge >= 0.3 is 5.97 Å². The number of carbonyl (C=O) groups is 3. The number of carboxylic acid groups (broad SMARTS) is 1. The van der Waals surface area contributed by atoms with Crippen LogP contribution in [0.4, 0.5) is 0 Å². The predicted octanol–water partition coefficient (Wildman–Crippen LogP) is 0.994. The number of hydrazone groups is 1. The van der Waals surface area contributed by atoms with Crippen LogP contribution < -0.4 is 20.2 Å². The van der Waals surface area contributed by atoms with E-state index in [1.54, 1.807) is 24.3 Å². The maximum atomic E-state index is 12.1. The molecule has 2 amide bonds. The van der Waals surface area contributed by atoms with E-state index in [2.05, 4.69) is 15.8 Å². The molecule has 1 heterocycles. The summed E-state index contributed by atoms with van der Waals surface area (Å²) < 4.78 is 10.4. The third-order valence-electron chi connectivity index (χ3n) is 3.60. The van der Waals surface area contributed by atoms with Crippen LogP contribution in [0.5, 0.6) is 11.5 Å². The van der Waals surface area contributed by atoms with Gasteiger partial charge in [-0.15, -0.1) is 0 Å². The number of fused-ring (bicyclic) bond motifs is 1. The molecule has 0 saturated heterocycles. The van der Waals surface area contributed by atoms with Crippen LogP contribution in [0.3, 0.4) is 0 Å². The van der Waals surface area contributed by atoms with E-state index in [0.29, 0.717) is 22.6 Å². The number of hydrogen-bond acceptors (Lipinski definition) is 6. The number of nitrogens with one attached hydrogen (secondary N) is 2. The van der Waals surface area contributed by atoms with Crippen molar-refractivity contribution in [3.8, 4) is 11.5 Å². The van der Waals surface area contributed by atoms with Crippen molar-refractivity contribution in [2.24, 2.45) is 5.10 Å². The average molecular weight is 369 g/mol. The molecule has 0 atom stereocenters. The summed E-state index contributed by atoms with van der Waals surface area (Å²) in [7, 11) is 0. The fourth-order valence-corrected chi connectivity index (χ4v) is 2.23. The van der Waals surface area contributed by atoms with Crippen molar-refractivity contribution in [2.75, 3.05) is 13.3 Å². The Hall–Kier alpha value is -3.88. The van der Waals surface area contributed by atoms with Gasteiger partial charge in [-0.3, -0.25) is 9.59 Å². The van der Waals surface area contributed by atoms with Gasteiger partial charge < -0.3 is 19.9 Å². The number of carboxylic acids is 1. The molecule has 3 rings (SSSR count). The first-order valence-corrected chi connectivity index (χ1v) is 7.86. The molecule has 138 valence electrons. The van der Waals surface area contributed by atoms with E-state index in [-0.39, 0.29) is 18.9 Å². The summed E-state index contributed by atoms with van der Waals surface area (Å²) in [5.41, 5.74) is 3.38. The summed E-state index contributed by atoms with van der Waals surface area (Å²) in [4.78, 5) is 34.6. The molecule has 2 aromatic rings. The summed E-state index contributed by atoms with van der Waals surface area (Å²) in [6.07, 6.45) is 1.36. The molecule has 27 heavy (non-hydrogen) atoms. The lowest BCUT2D eigenvalue weighted by atomic mass is 10.1. The van der Waals surface area contributed by atoms with E-state index in [0.717, 1.165) is 0 Å². The Morgan fingerprint density at radius 2 is 1.74 bits per heavy atom. The first-order chi connectivity index (χ1) is 13.0. The highest BCUT2D eigenvalue weighted by Crippen LogP contribution is 2.32. The zero-order valence-electron chi connectivity index (χ0n) is 14.0. The van der Waals surface area contributed by atoms with E-state index in [9.17, 15) is 14.4 Å². The topological polar surface area (TPSA) is 126 Å². The van der Waals surface area contributed by atoms with Gasteiger partial charge in [-0.1, -0.05) is 12.1 Å². The summed E-state index contributed by atoms with van der Waals surface area (Å²) in [6, 6.07) is 10.7. The van der Waals surface area contributed by atoms with Crippen LogP contribution in [0.25, 0.3) is 0 Å². The van der Waals surface area contributed by atoms with Crippen molar-refractivity contribution in [1.29, 1.82) is 0 Å². The van der Waals surface area contributed by atoms with Crippen molar-refractivity contribution in [3.63, 3.8) is 0 Å². The highest BCUT2D eigenvalue weighted by atomic mass is 16.7. The number of carbonyl (C=O) groups excluding carboxylic acids is 2. The van der Waals surface area contributed by atoms with E-state index in [4.69, 9.17) is 14.6 Å². The molecular formula is C18H15N3O6. The van der Waals surface area contributed by atoms with Gasteiger partial charge in [0.1, 0.15) is 0 Å². The van der Waals surface area contributed by atoms with Gasteiger partial charge in [0, 0.05) is 5.56 Å². The number of amides is 2. The molecule has 0 saturated carbocycles. The summed E-state index contributed by atoms with van der Waals surface area (Å²) in [5, 5.41) is 15.0. The third kappa shape index (κ3) is 4.60. The Morgan fingerprint density at radius 3 is 2.48 bits per heavy atom. The Morgan fingerprint density at radius 1 is 1.04 bits per heavy atom. The van der Waals surface area contributed by atoms with Gasteiger partial charge in [-0.05, 0) is 35.9 Å². The highest BCUT2D eigenvalue weighted by molar-refractivity contribution is 5.97. The number of nitrogens with zero attached hydrogens (tertiary/aromatic N) is 1. The number of aromatic carboxylic acids is 1. The van der Waals surface area contributed by atoms with Crippen LogP contribution in [0.1, 0.15) is 26.3 Å². The van der Waals surface area contributed by atoms with Gasteiger partial charge in [-0.2, -0.15) is 5.10 Å². The minimum absolute atomic E-state index is 0.111. The maximum absolute atomic E-state index is 12.1. The van der Waals surface area contributed by atoms with E-state index in [1.165, 1.54) is 24.4 Å². The first-order valence-electron chi connectivity index (χ1n) is 7.86. The van der Waals surface area contributed by atoms with Crippen molar-refractivity contribution in [3.05, 3.63) is 59.2 Å². The van der Waals surface area contributed by atoms with Gasteiger partial charge in [0.15, 0.2) is 11.5 Å². The van der Waals surface area contributed by atoms with Crippen LogP contribution >= 0.6 is 0 Å². The summed E-state index contributed by atoms with van der Waals surface area (Å²) in [5.74, 6) is -0.926. The van der Waals surface area contributed by atoms with Crippen LogP contribution in [0, 0.1) is 0 Å². The molecule has 0 aromatic heterocycles. The molecule has 9 nitrogen and oxygen atoms in total. The van der Waals surface area contributed by atoms with Gasteiger partial charge in [-0.25, -0.2) is 10.2 Å². The Kier molecular flexibility index (Phi) is 5.31. The lowest BCUT2D eigenvalue weighted by molar-refractivity contribution is -0.120. The lowest BCUT2D eigenvalue weighted by Gasteiger charge is -2.05. The summed E-state index contributed by atoms with van der Waals surface area (Å²) in [6.45, 7) is -0.150. The number of rotatable bonds is 6. The van der Waals surface area contributed by atoms with Crippen LogP contribution in [-0.4, -0.2) is 42.4 Å². The number of benzene rings is 2. The minimum atomic E-state index is -1.02. The maximum Gasteiger partial charge on any atom is 0.335 e. The lowest BCUT2D eigenvalue weighted by Crippen LogP contribution is -2.34. The molecule has 0 unspecified atom stereocenters. The predicted molar refractivity (Wildman–Crippen MR) is 94.0 cm³/mol. The van der Waals surface area contributed by atoms with Gasteiger partial charge in [0.2, 0.25) is 6.79 Å². The third-order valence-corrected chi connectivity index (χ3v) is 3.60. The fourth-order valence-electron chi connectivity index (χ4n) is 2.23. The molecule has 0 aliphatic carbocycles. The Balaban J connectivity index is 1.46. The molecule has 0 fully saturated rings. The second-order valence-electron chi connectivity index (χ2n) is 5.47. The first kappa shape index (κ1) is 17.9. The normalized spacial score (nSPS) is 12.0. The van der Waals surface area contributed by atoms with Crippen molar-refractivity contribution in [2.45, 2.75) is 0 Å². The van der Waals surface area contributed by atoms with Crippen molar-refractivity contribution >= 4 is 24.0 Å². The molecule has 9 heteroatoms. The zero-order chi connectivity index (χ0) is 19.2. The molecule has 2 aromatic carbocycles. The monoisotopic (exact) mass is 369 g/mol. The van der Waals surface area contributed by atoms with E-state index >= 15 is 0 Å². The second-order valence-corrected chi connectivity index (χ2v) is 5.47. The standard InChI is InChI=1S/C18H15N3O6/c22-16(21-20-8-11-1-3-12(4-2-11)18(24)25)9-19-17(23)13-5-6-14-15(7-13)27-10-26-14/h1-8H,9-10H2,(H,19,23)(H,21,22)(H,24,25)/b20-8-. The van der Waals surface area contributed by atoms with Crippen molar-refractivity contribution in [1.82, 2.24) is 10.7 Å². The zero-order valence-corrected chi connectivity index (χ0v) is 14.0.